The number of halogens is 3. The molecule has 1 aromatic carbocycles. The van der Waals surface area contributed by atoms with Crippen LogP contribution in [-0.4, -0.2) is 46.9 Å². The molecular weight excluding hydrogens is 331 g/mol. The van der Waals surface area contributed by atoms with Crippen LogP contribution in [0.15, 0.2) is 36.5 Å². The molecule has 1 aliphatic heterocycles. The Hall–Kier alpha value is -2.41. The lowest BCUT2D eigenvalue weighted by Crippen LogP contribution is -2.49. The molecule has 2 heterocycles. The van der Waals surface area contributed by atoms with E-state index < -0.39 is 17.6 Å². The van der Waals surface area contributed by atoms with E-state index in [0.717, 1.165) is 12.1 Å². The SMILES string of the molecule is C[C@@H](c1ccc(F)cc1F)N1CCN(C(=O)c2ccnc(F)c2)CC1. The van der Waals surface area contributed by atoms with Crippen molar-refractivity contribution in [2.75, 3.05) is 26.2 Å². The lowest BCUT2D eigenvalue weighted by molar-refractivity contribution is 0.0578. The van der Waals surface area contributed by atoms with Crippen LogP contribution in [0.5, 0.6) is 0 Å². The van der Waals surface area contributed by atoms with Gasteiger partial charge in [0.25, 0.3) is 5.91 Å². The van der Waals surface area contributed by atoms with Crippen molar-refractivity contribution in [1.29, 1.82) is 0 Å². The van der Waals surface area contributed by atoms with Gasteiger partial charge in [-0.25, -0.2) is 13.8 Å². The molecule has 0 spiro atoms. The first-order chi connectivity index (χ1) is 12.0. The summed E-state index contributed by atoms with van der Waals surface area (Å²) in [6.45, 7) is 3.87. The fourth-order valence-electron chi connectivity index (χ4n) is 3.07. The first-order valence-electron chi connectivity index (χ1n) is 8.05. The Kier molecular flexibility index (Phi) is 5.03. The summed E-state index contributed by atoms with van der Waals surface area (Å²) in [6, 6.07) is 5.94. The zero-order valence-corrected chi connectivity index (χ0v) is 13.8. The molecule has 1 atom stereocenters. The number of hydrogen-bond acceptors (Lipinski definition) is 3. The molecule has 7 heteroatoms. The van der Waals surface area contributed by atoms with Crippen molar-refractivity contribution < 1.29 is 18.0 Å². The molecule has 2 aromatic rings. The molecule has 3 rings (SSSR count). The van der Waals surface area contributed by atoms with Crippen LogP contribution >= 0.6 is 0 Å². The third kappa shape index (κ3) is 3.82. The Labute approximate surface area is 143 Å². The summed E-state index contributed by atoms with van der Waals surface area (Å²) in [4.78, 5) is 19.5. The minimum Gasteiger partial charge on any atom is -0.336 e. The first kappa shape index (κ1) is 17.4. The van der Waals surface area contributed by atoms with Crippen LogP contribution in [0.2, 0.25) is 0 Å². The normalized spacial score (nSPS) is 16.7. The zero-order chi connectivity index (χ0) is 18.0. The van der Waals surface area contributed by atoms with Crippen LogP contribution in [0, 0.1) is 17.6 Å². The van der Waals surface area contributed by atoms with Crippen LogP contribution in [0.4, 0.5) is 13.2 Å². The second-order valence-corrected chi connectivity index (χ2v) is 6.04. The summed E-state index contributed by atoms with van der Waals surface area (Å²) in [6.07, 6.45) is 1.26. The third-order valence-electron chi connectivity index (χ3n) is 4.54. The van der Waals surface area contributed by atoms with Crippen molar-refractivity contribution in [3.63, 3.8) is 0 Å². The van der Waals surface area contributed by atoms with Crippen molar-refractivity contribution in [2.24, 2.45) is 0 Å². The molecule has 0 saturated carbocycles. The van der Waals surface area contributed by atoms with E-state index in [-0.39, 0.29) is 17.5 Å². The van der Waals surface area contributed by atoms with Crippen molar-refractivity contribution in [3.8, 4) is 0 Å². The number of pyridine rings is 1. The van der Waals surface area contributed by atoms with Crippen LogP contribution in [-0.2, 0) is 0 Å². The number of aromatic nitrogens is 1. The van der Waals surface area contributed by atoms with Crippen molar-refractivity contribution in [3.05, 3.63) is 65.2 Å². The lowest BCUT2D eigenvalue weighted by Gasteiger charge is -2.38. The molecule has 0 unspecified atom stereocenters. The van der Waals surface area contributed by atoms with Gasteiger partial charge < -0.3 is 4.90 Å². The summed E-state index contributed by atoms with van der Waals surface area (Å²) in [5, 5.41) is 0. The third-order valence-corrected chi connectivity index (χ3v) is 4.54. The van der Waals surface area contributed by atoms with Crippen molar-refractivity contribution in [2.45, 2.75) is 13.0 Å². The summed E-state index contributed by atoms with van der Waals surface area (Å²) in [5.41, 5.74) is 0.691. The Morgan fingerprint density at radius 2 is 1.80 bits per heavy atom. The molecule has 25 heavy (non-hydrogen) atoms. The van der Waals surface area contributed by atoms with E-state index >= 15 is 0 Å². The summed E-state index contributed by atoms with van der Waals surface area (Å²) < 4.78 is 40.2. The van der Waals surface area contributed by atoms with Gasteiger partial charge in [0.1, 0.15) is 11.6 Å². The number of carbonyl (C=O) groups is 1. The van der Waals surface area contributed by atoms with E-state index in [9.17, 15) is 18.0 Å². The highest BCUT2D eigenvalue weighted by molar-refractivity contribution is 5.94. The number of amides is 1. The van der Waals surface area contributed by atoms with Gasteiger partial charge in [0.15, 0.2) is 0 Å². The van der Waals surface area contributed by atoms with Gasteiger partial charge in [0.2, 0.25) is 5.95 Å². The molecule has 0 bridgehead atoms. The number of nitrogens with zero attached hydrogens (tertiary/aromatic N) is 3. The lowest BCUT2D eigenvalue weighted by atomic mass is 10.0. The van der Waals surface area contributed by atoms with Crippen molar-refractivity contribution in [1.82, 2.24) is 14.8 Å². The zero-order valence-electron chi connectivity index (χ0n) is 13.8. The highest BCUT2D eigenvalue weighted by Gasteiger charge is 2.26. The molecule has 1 fully saturated rings. The van der Waals surface area contributed by atoms with Gasteiger partial charge in [-0.15, -0.1) is 0 Å². The molecular formula is C18H18F3N3O. The smallest absolute Gasteiger partial charge is 0.254 e. The van der Waals surface area contributed by atoms with E-state index in [0.29, 0.717) is 31.7 Å². The Bertz CT molecular complexity index is 776. The highest BCUT2D eigenvalue weighted by atomic mass is 19.1. The second-order valence-electron chi connectivity index (χ2n) is 6.04. The molecule has 1 aliphatic rings. The molecule has 1 amide bonds. The van der Waals surface area contributed by atoms with Crippen LogP contribution in [0.3, 0.4) is 0 Å². The van der Waals surface area contributed by atoms with Gasteiger partial charge in [0, 0.05) is 61.7 Å². The van der Waals surface area contributed by atoms with E-state index in [2.05, 4.69) is 4.98 Å². The Morgan fingerprint density at radius 1 is 1.08 bits per heavy atom. The maximum absolute atomic E-state index is 13.9. The largest absolute Gasteiger partial charge is 0.336 e. The van der Waals surface area contributed by atoms with Gasteiger partial charge in [-0.05, 0) is 19.1 Å². The van der Waals surface area contributed by atoms with Gasteiger partial charge in [0.05, 0.1) is 0 Å². The number of piperazine rings is 1. The molecule has 0 aliphatic carbocycles. The van der Waals surface area contributed by atoms with Crippen LogP contribution < -0.4 is 0 Å². The fourth-order valence-corrected chi connectivity index (χ4v) is 3.07. The average molecular weight is 349 g/mol. The van der Waals surface area contributed by atoms with Gasteiger partial charge in [-0.2, -0.15) is 4.39 Å². The molecule has 1 saturated heterocycles. The number of rotatable bonds is 3. The number of benzene rings is 1. The Morgan fingerprint density at radius 3 is 2.44 bits per heavy atom. The average Bonchev–Trinajstić information content (AvgIpc) is 2.61. The van der Waals surface area contributed by atoms with E-state index in [1.165, 1.54) is 24.4 Å². The van der Waals surface area contributed by atoms with Crippen molar-refractivity contribution >= 4 is 5.91 Å². The van der Waals surface area contributed by atoms with Gasteiger partial charge in [-0.3, -0.25) is 9.69 Å². The summed E-state index contributed by atoms with van der Waals surface area (Å²) in [5.74, 6) is -2.11. The van der Waals surface area contributed by atoms with E-state index in [1.54, 1.807) is 4.90 Å². The molecule has 132 valence electrons. The topological polar surface area (TPSA) is 36.4 Å². The highest BCUT2D eigenvalue weighted by Crippen LogP contribution is 2.25. The van der Waals surface area contributed by atoms with Crippen LogP contribution in [0.1, 0.15) is 28.9 Å². The first-order valence-corrected chi connectivity index (χ1v) is 8.05. The maximum Gasteiger partial charge on any atom is 0.254 e. The molecule has 4 nitrogen and oxygen atoms in total. The van der Waals surface area contributed by atoms with E-state index in [1.807, 2.05) is 11.8 Å². The predicted octanol–water partition coefficient (Wildman–Crippen LogP) is 3.02. The molecule has 1 aromatic heterocycles. The van der Waals surface area contributed by atoms with Crippen LogP contribution in [0.25, 0.3) is 0 Å². The maximum atomic E-state index is 13.9. The fraction of sp³-hybridized carbons (Fsp3) is 0.333. The van der Waals surface area contributed by atoms with Gasteiger partial charge in [-0.1, -0.05) is 6.07 Å². The van der Waals surface area contributed by atoms with E-state index in [4.69, 9.17) is 0 Å². The minimum absolute atomic E-state index is 0.226. The quantitative estimate of drug-likeness (QED) is 0.800. The molecule has 0 N–H and O–H groups in total. The standard InChI is InChI=1S/C18H18F3N3O/c1-12(15-3-2-14(19)11-16(15)20)23-6-8-24(9-7-23)18(25)13-4-5-22-17(21)10-13/h2-5,10-12H,6-9H2,1H3/t12-/m0/s1. The number of hydrogen-bond donors (Lipinski definition) is 0. The second kappa shape index (κ2) is 7.23. The minimum atomic E-state index is -0.690. The summed E-state index contributed by atoms with van der Waals surface area (Å²) >= 11 is 0. The number of carbonyl (C=O) groups excluding carboxylic acids is 1. The molecule has 0 radical (unpaired) electrons. The monoisotopic (exact) mass is 349 g/mol. The Balaban J connectivity index is 1.64. The van der Waals surface area contributed by atoms with Gasteiger partial charge >= 0.3 is 0 Å². The predicted molar refractivity (Wildman–Crippen MR) is 86.4 cm³/mol. The summed E-state index contributed by atoms with van der Waals surface area (Å²) in [7, 11) is 0.